The van der Waals surface area contributed by atoms with Gasteiger partial charge in [0, 0.05) is 49.5 Å². The molecule has 0 aliphatic carbocycles. The molecule has 13 aromatic rings. The molecule has 0 atom stereocenters. The summed E-state index contributed by atoms with van der Waals surface area (Å²) in [4.78, 5) is 15.9. The largest absolute Gasteiger partial charge is 0.309 e. The second-order valence-corrected chi connectivity index (χ2v) is 17.8. The summed E-state index contributed by atoms with van der Waals surface area (Å²) < 4.78 is 4.71. The van der Waals surface area contributed by atoms with Gasteiger partial charge in [-0.2, -0.15) is 10.5 Å². The Bertz CT molecular complexity index is 4140. The molecule has 0 bridgehead atoms. The zero-order valence-electron chi connectivity index (χ0n) is 38.6. The topological polar surface area (TPSA) is 96.1 Å². The summed E-state index contributed by atoms with van der Waals surface area (Å²) in [7, 11) is 0. The minimum Gasteiger partial charge on any atom is -0.309 e. The van der Waals surface area contributed by atoms with Crippen LogP contribution in [0.5, 0.6) is 0 Å². The van der Waals surface area contributed by atoms with Gasteiger partial charge in [0.2, 0.25) is 0 Å². The Morgan fingerprint density at radius 1 is 0.306 bits per heavy atom. The average molecular weight is 918 g/mol. The van der Waals surface area contributed by atoms with Crippen LogP contribution in [0.2, 0.25) is 0 Å². The number of nitriles is 2. The summed E-state index contributed by atoms with van der Waals surface area (Å²) in [6.45, 7) is 0. The Morgan fingerprint density at radius 3 is 1.35 bits per heavy atom. The smallest absolute Gasteiger partial charge is 0.166 e. The van der Waals surface area contributed by atoms with E-state index in [1.54, 1.807) is 0 Å². The zero-order valence-corrected chi connectivity index (χ0v) is 38.6. The van der Waals surface area contributed by atoms with E-state index >= 15 is 0 Å². The summed E-state index contributed by atoms with van der Waals surface area (Å²) in [5.74, 6) is 1.68. The molecule has 0 saturated heterocycles. The van der Waals surface area contributed by atoms with Crippen molar-refractivity contribution >= 4 is 43.6 Å². The van der Waals surface area contributed by atoms with Crippen LogP contribution in [0.25, 0.3) is 123 Å². The number of fused-ring (bicyclic) bond motifs is 6. The van der Waals surface area contributed by atoms with Gasteiger partial charge >= 0.3 is 0 Å². The number of hydrogen-bond acceptors (Lipinski definition) is 5. The second kappa shape index (κ2) is 17.4. The van der Waals surface area contributed by atoms with Gasteiger partial charge in [-0.15, -0.1) is 0 Å². The van der Waals surface area contributed by atoms with Crippen LogP contribution in [0, 0.1) is 22.7 Å². The Kier molecular flexibility index (Phi) is 10.1. The normalized spacial score (nSPS) is 11.3. The second-order valence-electron chi connectivity index (χ2n) is 17.8. The van der Waals surface area contributed by atoms with Gasteiger partial charge in [-0.25, -0.2) is 15.0 Å². The van der Waals surface area contributed by atoms with E-state index in [1.165, 1.54) is 5.39 Å². The molecule has 0 aliphatic rings. The van der Waals surface area contributed by atoms with Crippen LogP contribution in [0.4, 0.5) is 0 Å². The maximum atomic E-state index is 9.61. The van der Waals surface area contributed by atoms with Crippen molar-refractivity contribution in [3.63, 3.8) is 0 Å². The predicted molar refractivity (Wildman–Crippen MR) is 291 cm³/mol. The lowest BCUT2D eigenvalue weighted by atomic mass is 9.98. The fourth-order valence-corrected chi connectivity index (χ4v) is 10.2. The zero-order chi connectivity index (χ0) is 48.1. The third-order valence-electron chi connectivity index (χ3n) is 13.7. The van der Waals surface area contributed by atoms with Crippen LogP contribution in [-0.4, -0.2) is 24.1 Å². The highest BCUT2D eigenvalue weighted by atomic mass is 15.1. The first-order valence-corrected chi connectivity index (χ1v) is 23.8. The molecule has 3 heterocycles. The van der Waals surface area contributed by atoms with Crippen LogP contribution in [0.15, 0.2) is 237 Å². The highest BCUT2D eigenvalue weighted by Gasteiger charge is 2.23. The van der Waals surface area contributed by atoms with E-state index in [0.29, 0.717) is 28.6 Å². The van der Waals surface area contributed by atoms with Crippen LogP contribution in [0.1, 0.15) is 11.1 Å². The first kappa shape index (κ1) is 41.9. The number of benzene rings is 10. The van der Waals surface area contributed by atoms with Gasteiger partial charge < -0.3 is 9.13 Å². The minimum atomic E-state index is 0.536. The Labute approximate surface area is 415 Å². The Balaban J connectivity index is 1.11. The third-order valence-corrected chi connectivity index (χ3v) is 13.7. The Morgan fingerprint density at radius 2 is 0.778 bits per heavy atom. The summed E-state index contributed by atoms with van der Waals surface area (Å²) in [5, 5.41) is 23.7. The van der Waals surface area contributed by atoms with Gasteiger partial charge in [0.1, 0.15) is 0 Å². The van der Waals surface area contributed by atoms with Gasteiger partial charge in [0.25, 0.3) is 0 Å². The van der Waals surface area contributed by atoms with Crippen molar-refractivity contribution in [2.24, 2.45) is 0 Å². The van der Waals surface area contributed by atoms with Crippen molar-refractivity contribution in [2.45, 2.75) is 0 Å². The molecule has 0 aliphatic heterocycles. The summed E-state index contributed by atoms with van der Waals surface area (Å²) in [5.41, 5.74) is 16.2. The highest BCUT2D eigenvalue weighted by Crippen LogP contribution is 2.43. The molecule has 0 spiro atoms. The summed E-state index contributed by atoms with van der Waals surface area (Å²) in [6.07, 6.45) is 0. The summed E-state index contributed by atoms with van der Waals surface area (Å²) in [6, 6.07) is 85.9. The van der Waals surface area contributed by atoms with Crippen molar-refractivity contribution in [1.29, 1.82) is 10.5 Å². The molecule has 10 aromatic carbocycles. The van der Waals surface area contributed by atoms with Gasteiger partial charge in [0.15, 0.2) is 17.5 Å². The van der Waals surface area contributed by atoms with E-state index in [0.717, 1.165) is 99.7 Å². The summed E-state index contributed by atoms with van der Waals surface area (Å²) >= 11 is 0. The monoisotopic (exact) mass is 917 g/mol. The first-order valence-electron chi connectivity index (χ1n) is 23.8. The molecular formula is C65H39N7. The molecule has 0 fully saturated rings. The average Bonchev–Trinajstić information content (AvgIpc) is 3.98. The lowest BCUT2D eigenvalue weighted by Gasteiger charge is -2.17. The molecule has 0 saturated carbocycles. The van der Waals surface area contributed by atoms with Crippen molar-refractivity contribution in [2.75, 3.05) is 0 Å². The van der Waals surface area contributed by atoms with E-state index in [9.17, 15) is 10.5 Å². The van der Waals surface area contributed by atoms with Crippen molar-refractivity contribution in [3.05, 3.63) is 248 Å². The number of nitrogens with zero attached hydrogens (tertiary/aromatic N) is 7. The molecule has 13 rings (SSSR count). The van der Waals surface area contributed by atoms with Crippen LogP contribution >= 0.6 is 0 Å². The molecule has 0 unspecified atom stereocenters. The van der Waals surface area contributed by atoms with Crippen molar-refractivity contribution in [1.82, 2.24) is 24.1 Å². The third kappa shape index (κ3) is 7.17. The van der Waals surface area contributed by atoms with E-state index in [2.05, 4.69) is 149 Å². The lowest BCUT2D eigenvalue weighted by molar-refractivity contribution is 1.06. The maximum Gasteiger partial charge on any atom is 0.166 e. The standard InChI is InChI=1S/C65H39N7/c66-40-42-23-27-44(28-24-42)48-31-34-59-55(37-48)56-38-49(45-29-25-43(41-67)26-30-45)32-35-60(56)72(59)61-36-33-50(52-20-12-21-54-53-19-10-11-22-58(53)71(62(52)54)51-17-8-3-9-18-51)39-57(61)65-69-63(46-13-4-1-5-14-46)68-64(70-65)47-15-6-2-7-16-47/h1-39H. The number of hydrogen-bond donors (Lipinski definition) is 0. The molecule has 334 valence electrons. The Hall–Kier alpha value is -10.2. The van der Waals surface area contributed by atoms with E-state index < -0.39 is 0 Å². The van der Waals surface area contributed by atoms with Gasteiger partial charge in [-0.1, -0.05) is 158 Å². The molecule has 7 nitrogen and oxygen atoms in total. The predicted octanol–water partition coefficient (Wildman–Crippen LogP) is 15.8. The lowest BCUT2D eigenvalue weighted by Crippen LogP contribution is -2.04. The molecule has 72 heavy (non-hydrogen) atoms. The van der Waals surface area contributed by atoms with E-state index in [-0.39, 0.29) is 0 Å². The number of para-hydroxylation sites is 3. The minimum absolute atomic E-state index is 0.536. The highest BCUT2D eigenvalue weighted by molar-refractivity contribution is 6.15. The van der Waals surface area contributed by atoms with Crippen LogP contribution in [0.3, 0.4) is 0 Å². The van der Waals surface area contributed by atoms with Crippen molar-refractivity contribution < 1.29 is 0 Å². The van der Waals surface area contributed by atoms with Gasteiger partial charge in [0.05, 0.1) is 51.0 Å². The molecular weight excluding hydrogens is 879 g/mol. The molecule has 0 radical (unpaired) electrons. The fourth-order valence-electron chi connectivity index (χ4n) is 10.2. The fraction of sp³-hybridized carbons (Fsp3) is 0. The molecule has 0 amide bonds. The first-order chi connectivity index (χ1) is 35.6. The maximum absolute atomic E-state index is 9.61. The SMILES string of the molecule is N#Cc1ccc(-c2ccc3c(c2)c2cc(-c4ccc(C#N)cc4)ccc2n3-c2ccc(-c3cccc4c5ccccc5n(-c5ccccc5)c34)cc2-c2nc(-c3ccccc3)nc(-c3ccccc3)n2)cc1. The van der Waals surface area contributed by atoms with Gasteiger partial charge in [-0.05, 0) is 107 Å². The van der Waals surface area contributed by atoms with E-state index in [1.807, 2.05) is 109 Å². The molecule has 3 aromatic heterocycles. The number of aromatic nitrogens is 5. The quantitative estimate of drug-likeness (QED) is 0.151. The number of rotatable bonds is 8. The molecule has 0 N–H and O–H groups in total. The van der Waals surface area contributed by atoms with Crippen molar-refractivity contribution in [3.8, 4) is 91.1 Å². The van der Waals surface area contributed by atoms with Gasteiger partial charge in [-0.3, -0.25) is 0 Å². The van der Waals surface area contributed by atoms with Crippen LogP contribution in [-0.2, 0) is 0 Å². The van der Waals surface area contributed by atoms with E-state index in [4.69, 9.17) is 15.0 Å². The van der Waals surface area contributed by atoms with Crippen LogP contribution < -0.4 is 0 Å². The molecule has 7 heteroatoms.